The summed E-state index contributed by atoms with van der Waals surface area (Å²) in [7, 11) is 0. The molecule has 17 heavy (non-hydrogen) atoms. The van der Waals surface area contributed by atoms with Gasteiger partial charge in [0.1, 0.15) is 0 Å². The highest BCUT2D eigenvalue weighted by atomic mass is 32.2. The van der Waals surface area contributed by atoms with Gasteiger partial charge in [0.25, 0.3) is 0 Å². The molecule has 0 unspecified atom stereocenters. The van der Waals surface area contributed by atoms with Gasteiger partial charge in [-0.15, -0.1) is 11.8 Å². The maximum absolute atomic E-state index is 3.39. The van der Waals surface area contributed by atoms with Crippen molar-refractivity contribution in [2.24, 2.45) is 0 Å². The van der Waals surface area contributed by atoms with Gasteiger partial charge in [-0.1, -0.05) is 18.2 Å². The summed E-state index contributed by atoms with van der Waals surface area (Å²) < 4.78 is 0. The zero-order valence-corrected chi connectivity index (χ0v) is 10.8. The summed E-state index contributed by atoms with van der Waals surface area (Å²) in [6.45, 7) is 5.68. The van der Waals surface area contributed by atoms with Crippen molar-refractivity contribution in [3.8, 4) is 0 Å². The summed E-state index contributed by atoms with van der Waals surface area (Å²) in [6, 6.07) is 6.91. The molecule has 2 aliphatic rings. The minimum absolute atomic E-state index is 1.09. The van der Waals surface area contributed by atoms with Gasteiger partial charge in [-0.2, -0.15) is 0 Å². The molecule has 0 atom stereocenters. The maximum atomic E-state index is 3.39. The van der Waals surface area contributed by atoms with Crippen LogP contribution in [0.25, 0.3) is 6.08 Å². The number of piperazine rings is 1. The van der Waals surface area contributed by atoms with Crippen LogP contribution in [0.1, 0.15) is 11.1 Å². The average Bonchev–Trinajstić information content (AvgIpc) is 2.40. The Hall–Kier alpha value is -0.770. The second-order valence-corrected chi connectivity index (χ2v) is 5.67. The van der Waals surface area contributed by atoms with Crippen molar-refractivity contribution in [2.45, 2.75) is 11.4 Å². The minimum atomic E-state index is 1.09. The van der Waals surface area contributed by atoms with Gasteiger partial charge >= 0.3 is 0 Å². The van der Waals surface area contributed by atoms with Crippen molar-refractivity contribution in [1.82, 2.24) is 10.2 Å². The molecular weight excluding hydrogens is 228 g/mol. The third-order valence-electron chi connectivity index (χ3n) is 3.32. The number of nitrogens with one attached hydrogen (secondary N) is 1. The van der Waals surface area contributed by atoms with E-state index in [1.807, 2.05) is 11.8 Å². The highest BCUT2D eigenvalue weighted by Crippen LogP contribution is 2.29. The summed E-state index contributed by atoms with van der Waals surface area (Å²) in [6.07, 6.45) is 4.51. The van der Waals surface area contributed by atoms with Gasteiger partial charge in [0.05, 0.1) is 0 Å². The average molecular weight is 246 g/mol. The monoisotopic (exact) mass is 246 g/mol. The van der Waals surface area contributed by atoms with Crippen LogP contribution < -0.4 is 5.32 Å². The number of rotatable bonds is 2. The van der Waals surface area contributed by atoms with Crippen LogP contribution in [0.15, 0.2) is 29.2 Å². The van der Waals surface area contributed by atoms with Crippen LogP contribution in [0.4, 0.5) is 0 Å². The molecule has 0 spiro atoms. The number of benzene rings is 1. The third-order valence-corrected chi connectivity index (χ3v) is 4.36. The Bertz CT molecular complexity index is 422. The molecule has 3 heteroatoms. The number of thioether (sulfide) groups is 1. The molecule has 0 amide bonds. The van der Waals surface area contributed by atoms with Gasteiger partial charge in [0.15, 0.2) is 0 Å². The van der Waals surface area contributed by atoms with Crippen LogP contribution in [0.2, 0.25) is 0 Å². The Morgan fingerprint density at radius 2 is 2.12 bits per heavy atom. The Labute approximate surface area is 107 Å². The summed E-state index contributed by atoms with van der Waals surface area (Å²) in [5.74, 6) is 1.12. The number of fused-ring (bicyclic) bond motifs is 1. The highest BCUT2D eigenvalue weighted by Gasteiger charge is 2.11. The molecule has 0 aliphatic carbocycles. The van der Waals surface area contributed by atoms with Crippen molar-refractivity contribution >= 4 is 17.8 Å². The predicted octanol–water partition coefficient (Wildman–Crippen LogP) is 2.21. The van der Waals surface area contributed by atoms with Gasteiger partial charge in [-0.05, 0) is 23.3 Å². The third kappa shape index (κ3) is 2.73. The quantitative estimate of drug-likeness (QED) is 0.861. The SMILES string of the molecule is C1=Cc2cc(CN3CCNCC3)ccc2SC1. The smallest absolute Gasteiger partial charge is 0.0235 e. The van der Waals surface area contributed by atoms with Gasteiger partial charge < -0.3 is 5.32 Å². The van der Waals surface area contributed by atoms with E-state index >= 15 is 0 Å². The standard InChI is InChI=1S/C14H18N2S/c1-2-13-10-12(3-4-14(13)17-9-1)11-16-7-5-15-6-8-16/h1-4,10,15H,5-9,11H2. The van der Waals surface area contributed by atoms with Gasteiger partial charge in [-0.3, -0.25) is 4.90 Å². The summed E-state index contributed by atoms with van der Waals surface area (Å²) in [5, 5.41) is 3.39. The minimum Gasteiger partial charge on any atom is -0.314 e. The van der Waals surface area contributed by atoms with Crippen molar-refractivity contribution in [3.05, 3.63) is 35.4 Å². The van der Waals surface area contributed by atoms with E-state index < -0.39 is 0 Å². The molecular formula is C14H18N2S. The molecule has 2 heterocycles. The zero-order chi connectivity index (χ0) is 11.5. The van der Waals surface area contributed by atoms with Crippen LogP contribution in [-0.4, -0.2) is 36.8 Å². The van der Waals surface area contributed by atoms with E-state index in [1.165, 1.54) is 29.1 Å². The fourth-order valence-electron chi connectivity index (χ4n) is 2.40. The first kappa shape index (κ1) is 11.3. The molecule has 0 saturated carbocycles. The fourth-order valence-corrected chi connectivity index (χ4v) is 3.23. The van der Waals surface area contributed by atoms with E-state index in [4.69, 9.17) is 0 Å². The first-order valence-corrected chi connectivity index (χ1v) is 7.26. The van der Waals surface area contributed by atoms with Crippen molar-refractivity contribution < 1.29 is 0 Å². The van der Waals surface area contributed by atoms with Gasteiger partial charge in [0, 0.05) is 43.4 Å². The fraction of sp³-hybridized carbons (Fsp3) is 0.429. The lowest BCUT2D eigenvalue weighted by Crippen LogP contribution is -2.42. The normalized spacial score (nSPS) is 20.2. The number of nitrogens with zero attached hydrogens (tertiary/aromatic N) is 1. The molecule has 0 aromatic heterocycles. The van der Waals surface area contributed by atoms with Crippen LogP contribution in [0.3, 0.4) is 0 Å². The van der Waals surface area contributed by atoms with Crippen molar-refractivity contribution in [3.63, 3.8) is 0 Å². The van der Waals surface area contributed by atoms with Gasteiger partial charge in [0.2, 0.25) is 0 Å². The molecule has 1 fully saturated rings. The second-order valence-electron chi connectivity index (χ2n) is 4.61. The lowest BCUT2D eigenvalue weighted by atomic mass is 10.1. The van der Waals surface area contributed by atoms with Crippen LogP contribution in [-0.2, 0) is 6.54 Å². The molecule has 0 radical (unpaired) electrons. The number of hydrogen-bond acceptors (Lipinski definition) is 3. The summed E-state index contributed by atoms with van der Waals surface area (Å²) in [4.78, 5) is 3.95. The first-order chi connectivity index (χ1) is 8.42. The maximum Gasteiger partial charge on any atom is 0.0235 e. The van der Waals surface area contributed by atoms with E-state index in [9.17, 15) is 0 Å². The van der Waals surface area contributed by atoms with Gasteiger partial charge in [-0.25, -0.2) is 0 Å². The predicted molar refractivity (Wildman–Crippen MR) is 74.3 cm³/mol. The van der Waals surface area contributed by atoms with Crippen molar-refractivity contribution in [1.29, 1.82) is 0 Å². The number of hydrogen-bond donors (Lipinski definition) is 1. The topological polar surface area (TPSA) is 15.3 Å². The molecule has 2 aliphatic heterocycles. The van der Waals surface area contributed by atoms with Crippen molar-refractivity contribution in [2.75, 3.05) is 31.9 Å². The molecule has 1 aromatic carbocycles. The molecule has 1 N–H and O–H groups in total. The van der Waals surface area contributed by atoms with E-state index in [2.05, 4.69) is 40.6 Å². The molecule has 90 valence electrons. The highest BCUT2D eigenvalue weighted by molar-refractivity contribution is 7.99. The molecule has 1 aromatic rings. The lowest BCUT2D eigenvalue weighted by molar-refractivity contribution is 0.233. The largest absolute Gasteiger partial charge is 0.314 e. The molecule has 1 saturated heterocycles. The molecule has 2 nitrogen and oxygen atoms in total. The molecule has 0 bridgehead atoms. The van der Waals surface area contributed by atoms with E-state index in [1.54, 1.807) is 0 Å². The molecule has 3 rings (SSSR count). The van der Waals surface area contributed by atoms with Crippen LogP contribution in [0.5, 0.6) is 0 Å². The zero-order valence-electron chi connectivity index (χ0n) is 9.98. The van der Waals surface area contributed by atoms with E-state index in [0.717, 1.165) is 25.4 Å². The second kappa shape index (κ2) is 5.25. The summed E-state index contributed by atoms with van der Waals surface area (Å²) >= 11 is 1.93. The Kier molecular flexibility index (Phi) is 3.50. The van der Waals surface area contributed by atoms with Crippen LogP contribution >= 0.6 is 11.8 Å². The lowest BCUT2D eigenvalue weighted by Gasteiger charge is -2.27. The van der Waals surface area contributed by atoms with E-state index in [0.29, 0.717) is 0 Å². The van der Waals surface area contributed by atoms with E-state index in [-0.39, 0.29) is 0 Å². The van der Waals surface area contributed by atoms with Crippen LogP contribution in [0, 0.1) is 0 Å². The Balaban J connectivity index is 1.73. The summed E-state index contributed by atoms with van der Waals surface area (Å²) in [5.41, 5.74) is 2.84. The first-order valence-electron chi connectivity index (χ1n) is 6.27. The Morgan fingerprint density at radius 3 is 3.00 bits per heavy atom. The Morgan fingerprint density at radius 1 is 1.24 bits per heavy atom.